The molecular formula is C61H38S2. The second-order valence-corrected chi connectivity index (χ2v) is 20.0. The minimum Gasteiger partial charge on any atom is -0.134 e. The van der Waals surface area contributed by atoms with Crippen molar-refractivity contribution in [3.63, 3.8) is 0 Å². The maximum absolute atomic E-state index is 2.50. The van der Waals surface area contributed by atoms with Gasteiger partial charge in [0.2, 0.25) is 0 Å². The quantitative estimate of drug-likeness (QED) is 0.156. The summed E-state index contributed by atoms with van der Waals surface area (Å²) >= 11 is 3.87. The maximum atomic E-state index is 2.50. The van der Waals surface area contributed by atoms with E-state index in [1.165, 1.54) is 139 Å². The Kier molecular flexibility index (Phi) is 7.31. The number of fused-ring (bicyclic) bond motifs is 15. The Morgan fingerprint density at radius 3 is 1.52 bits per heavy atom. The zero-order valence-corrected chi connectivity index (χ0v) is 36.4. The Hall–Kier alpha value is -7.10. The van der Waals surface area contributed by atoms with Gasteiger partial charge in [-0.2, -0.15) is 0 Å². The Morgan fingerprint density at radius 2 is 0.825 bits per heavy atom. The standard InChI is InChI=1S/C61H38S2/c1-61(2)52-33-38(37-26-31-55-51(32-37)50-30-23-36-22-29-49-43-15-9-10-21-54(43)62-59(49)57(36)60(50)63-55)24-27-41(52)42-28-25-39(34-53(42)61)56-45-16-5-7-18-47(45)58(48-19-8-6-17-46(48)56)44-20-11-13-35-12-3-4-14-40(35)44/h3-34H,1-2H3. The van der Waals surface area contributed by atoms with Gasteiger partial charge in [-0.05, 0) is 124 Å². The molecule has 2 heterocycles. The fourth-order valence-corrected chi connectivity index (χ4v) is 13.8. The highest BCUT2D eigenvalue weighted by Gasteiger charge is 2.36. The topological polar surface area (TPSA) is 0 Å². The Morgan fingerprint density at radius 1 is 0.317 bits per heavy atom. The van der Waals surface area contributed by atoms with Gasteiger partial charge in [-0.15, -0.1) is 22.7 Å². The largest absolute Gasteiger partial charge is 0.134 e. The number of hydrogen-bond donors (Lipinski definition) is 0. The first-order valence-electron chi connectivity index (χ1n) is 21.9. The predicted octanol–water partition coefficient (Wildman–Crippen LogP) is 18.3. The summed E-state index contributed by atoms with van der Waals surface area (Å²) in [7, 11) is 0. The van der Waals surface area contributed by atoms with Crippen molar-refractivity contribution in [2.45, 2.75) is 19.3 Å². The van der Waals surface area contributed by atoms with E-state index in [0.29, 0.717) is 0 Å². The average molecular weight is 835 g/mol. The van der Waals surface area contributed by atoms with Crippen LogP contribution in [0.25, 0.3) is 128 Å². The molecule has 2 aromatic heterocycles. The minimum atomic E-state index is -0.182. The first kappa shape index (κ1) is 35.5. The third-order valence-electron chi connectivity index (χ3n) is 14.3. The van der Waals surface area contributed by atoms with E-state index in [1.807, 2.05) is 22.7 Å². The molecule has 0 radical (unpaired) electrons. The highest BCUT2D eigenvalue weighted by atomic mass is 32.1. The minimum absolute atomic E-state index is 0.182. The van der Waals surface area contributed by atoms with Crippen molar-refractivity contribution < 1.29 is 0 Å². The van der Waals surface area contributed by atoms with E-state index in [1.54, 1.807) is 0 Å². The van der Waals surface area contributed by atoms with Gasteiger partial charge in [-0.1, -0.05) is 178 Å². The van der Waals surface area contributed by atoms with Crippen LogP contribution in [0.4, 0.5) is 0 Å². The van der Waals surface area contributed by atoms with Gasteiger partial charge in [0.25, 0.3) is 0 Å². The maximum Gasteiger partial charge on any atom is 0.0448 e. The molecule has 0 fully saturated rings. The molecule has 14 rings (SSSR count). The van der Waals surface area contributed by atoms with E-state index in [0.717, 1.165) is 0 Å². The van der Waals surface area contributed by atoms with Crippen molar-refractivity contribution >= 4 is 106 Å². The Bertz CT molecular complexity index is 4060. The van der Waals surface area contributed by atoms with Gasteiger partial charge in [-0.25, -0.2) is 0 Å². The highest BCUT2D eigenvalue weighted by Crippen LogP contribution is 2.53. The molecule has 0 spiro atoms. The fraction of sp³-hybridized carbons (Fsp3) is 0.0492. The van der Waals surface area contributed by atoms with E-state index >= 15 is 0 Å². The summed E-state index contributed by atoms with van der Waals surface area (Å²) in [6, 6.07) is 73.3. The first-order chi connectivity index (χ1) is 31.0. The number of rotatable bonds is 3. The third-order valence-corrected chi connectivity index (χ3v) is 16.7. The molecule has 13 aromatic rings. The number of thiophene rings is 2. The lowest BCUT2D eigenvalue weighted by molar-refractivity contribution is 0.661. The van der Waals surface area contributed by atoms with Gasteiger partial charge in [0.1, 0.15) is 0 Å². The zero-order valence-electron chi connectivity index (χ0n) is 34.8. The molecule has 1 aliphatic rings. The van der Waals surface area contributed by atoms with Crippen LogP contribution in [0, 0.1) is 0 Å². The van der Waals surface area contributed by atoms with Crippen molar-refractivity contribution in [3.8, 4) is 44.5 Å². The molecule has 294 valence electrons. The molecule has 0 amide bonds. The van der Waals surface area contributed by atoms with Gasteiger partial charge < -0.3 is 0 Å². The van der Waals surface area contributed by atoms with E-state index < -0.39 is 0 Å². The van der Waals surface area contributed by atoms with Crippen LogP contribution >= 0.6 is 22.7 Å². The van der Waals surface area contributed by atoms with Gasteiger partial charge in [0.05, 0.1) is 0 Å². The Labute approximate surface area is 372 Å². The normalized spacial score (nSPS) is 13.4. The number of hydrogen-bond acceptors (Lipinski definition) is 2. The van der Waals surface area contributed by atoms with Crippen LogP contribution in [0.15, 0.2) is 194 Å². The lowest BCUT2D eigenvalue weighted by Gasteiger charge is -2.23. The van der Waals surface area contributed by atoms with E-state index in [9.17, 15) is 0 Å². The fourth-order valence-electron chi connectivity index (χ4n) is 11.2. The summed E-state index contributed by atoms with van der Waals surface area (Å²) in [5.41, 5.74) is 13.0. The van der Waals surface area contributed by atoms with Gasteiger partial charge >= 0.3 is 0 Å². The van der Waals surface area contributed by atoms with Gasteiger partial charge in [-0.3, -0.25) is 0 Å². The van der Waals surface area contributed by atoms with Crippen molar-refractivity contribution in [1.29, 1.82) is 0 Å². The predicted molar refractivity (Wildman–Crippen MR) is 276 cm³/mol. The van der Waals surface area contributed by atoms with Crippen molar-refractivity contribution in [1.82, 2.24) is 0 Å². The van der Waals surface area contributed by atoms with Crippen LogP contribution in [0.5, 0.6) is 0 Å². The molecule has 2 heteroatoms. The van der Waals surface area contributed by atoms with E-state index in [2.05, 4.69) is 208 Å². The van der Waals surface area contributed by atoms with E-state index in [4.69, 9.17) is 0 Å². The van der Waals surface area contributed by atoms with Crippen molar-refractivity contribution in [2.75, 3.05) is 0 Å². The molecule has 0 N–H and O–H groups in total. The monoisotopic (exact) mass is 834 g/mol. The van der Waals surface area contributed by atoms with Crippen LogP contribution in [-0.4, -0.2) is 0 Å². The molecule has 0 saturated heterocycles. The van der Waals surface area contributed by atoms with Crippen LogP contribution in [0.1, 0.15) is 25.0 Å². The van der Waals surface area contributed by atoms with Crippen LogP contribution in [0.2, 0.25) is 0 Å². The molecule has 0 nitrogen and oxygen atoms in total. The average Bonchev–Trinajstić information content (AvgIpc) is 3.97. The molecule has 0 atom stereocenters. The highest BCUT2D eigenvalue weighted by molar-refractivity contribution is 7.29. The second kappa shape index (κ2) is 13.0. The lowest BCUT2D eigenvalue weighted by atomic mass is 9.80. The summed E-state index contributed by atoms with van der Waals surface area (Å²) in [5, 5.41) is 15.8. The van der Waals surface area contributed by atoms with Crippen molar-refractivity contribution in [3.05, 3.63) is 205 Å². The van der Waals surface area contributed by atoms with E-state index in [-0.39, 0.29) is 5.41 Å². The van der Waals surface area contributed by atoms with Crippen LogP contribution in [-0.2, 0) is 5.41 Å². The smallest absolute Gasteiger partial charge is 0.0448 e. The molecule has 1 aliphatic carbocycles. The molecular weight excluding hydrogens is 797 g/mol. The van der Waals surface area contributed by atoms with Gasteiger partial charge in [0, 0.05) is 51.1 Å². The SMILES string of the molecule is CC1(C)c2cc(-c3ccc4sc5c(ccc6ccc7c8ccccc8sc7c65)c4c3)ccc2-c2ccc(-c3c4ccccc4c(-c4cccc5ccccc45)c4ccccc34)cc21. The first-order valence-corrected chi connectivity index (χ1v) is 23.5. The summed E-state index contributed by atoms with van der Waals surface area (Å²) in [4.78, 5) is 0. The van der Waals surface area contributed by atoms with Crippen LogP contribution < -0.4 is 0 Å². The summed E-state index contributed by atoms with van der Waals surface area (Å²) in [6.45, 7) is 4.83. The molecule has 0 saturated carbocycles. The lowest BCUT2D eigenvalue weighted by Crippen LogP contribution is -2.15. The molecule has 0 unspecified atom stereocenters. The summed E-state index contributed by atoms with van der Waals surface area (Å²) in [5.74, 6) is 0. The summed E-state index contributed by atoms with van der Waals surface area (Å²) < 4.78 is 5.48. The Balaban J connectivity index is 0.896. The number of benzene rings is 11. The second-order valence-electron chi connectivity index (χ2n) is 17.9. The molecule has 0 bridgehead atoms. The summed E-state index contributed by atoms with van der Waals surface area (Å²) in [6.07, 6.45) is 0. The van der Waals surface area contributed by atoms with Crippen LogP contribution in [0.3, 0.4) is 0 Å². The molecule has 0 aliphatic heterocycles. The molecule has 11 aromatic carbocycles. The van der Waals surface area contributed by atoms with Gasteiger partial charge in [0.15, 0.2) is 0 Å². The molecule has 63 heavy (non-hydrogen) atoms. The third kappa shape index (κ3) is 4.97. The zero-order chi connectivity index (χ0) is 41.6. The van der Waals surface area contributed by atoms with Crippen molar-refractivity contribution in [2.24, 2.45) is 0 Å².